The summed E-state index contributed by atoms with van der Waals surface area (Å²) in [7, 11) is 0. The first-order valence-corrected chi connectivity index (χ1v) is 16.5. The van der Waals surface area contributed by atoms with Crippen molar-refractivity contribution in [2.75, 3.05) is 11.9 Å². The molecule has 3 aromatic carbocycles. The molecule has 0 spiro atoms. The van der Waals surface area contributed by atoms with Crippen LogP contribution in [0, 0.1) is 0 Å². The number of fused-ring (bicyclic) bond motifs is 2. The third-order valence-electron chi connectivity index (χ3n) is 8.13. The van der Waals surface area contributed by atoms with Gasteiger partial charge in [0.2, 0.25) is 0 Å². The summed E-state index contributed by atoms with van der Waals surface area (Å²) in [5.74, 6) is -3.25. The van der Waals surface area contributed by atoms with Crippen molar-refractivity contribution in [2.24, 2.45) is 0 Å². The Hall–Kier alpha value is -5.05. The van der Waals surface area contributed by atoms with E-state index >= 15 is 0 Å². The number of nitrogens with one attached hydrogen (secondary N) is 2. The van der Waals surface area contributed by atoms with E-state index in [9.17, 15) is 39.7 Å². The molecule has 14 heteroatoms. The van der Waals surface area contributed by atoms with Crippen molar-refractivity contribution in [2.45, 2.75) is 38.6 Å². The molecule has 1 heterocycles. The largest absolute Gasteiger partial charge is 1.00 e. The maximum atomic E-state index is 12.5. The number of anilines is 1. The molecule has 0 bridgehead atoms. The minimum atomic E-state index is -1.50. The van der Waals surface area contributed by atoms with Gasteiger partial charge >= 0.3 is 35.5 Å². The van der Waals surface area contributed by atoms with Crippen LogP contribution in [-0.4, -0.2) is 50.0 Å². The van der Waals surface area contributed by atoms with Gasteiger partial charge in [0, 0.05) is 53.5 Å². The number of hydrogen-bond donors (Lipinski definition) is 5. The molecule has 0 unspecified atom stereocenters. The molecule has 12 nitrogen and oxygen atoms in total. The molecular formula is C38H34N3NaO9S. The Bertz CT molecular complexity index is 2150. The summed E-state index contributed by atoms with van der Waals surface area (Å²) in [6, 6.07) is 21.8. The zero-order valence-electron chi connectivity index (χ0n) is 28.3. The van der Waals surface area contributed by atoms with Crippen molar-refractivity contribution < 1.29 is 68.9 Å². The second-order valence-corrected chi connectivity index (χ2v) is 12.2. The van der Waals surface area contributed by atoms with E-state index < -0.39 is 17.8 Å². The quantitative estimate of drug-likeness (QED) is 0.0213. The maximum Gasteiger partial charge on any atom is 1.00 e. The molecule has 0 atom stereocenters. The van der Waals surface area contributed by atoms with E-state index in [0.717, 1.165) is 42.9 Å². The zero-order chi connectivity index (χ0) is 36.5. The number of phenols is 1. The number of aromatic carboxylic acids is 1. The number of aromatic hydroxyl groups is 1. The predicted molar refractivity (Wildman–Crippen MR) is 192 cm³/mol. The van der Waals surface area contributed by atoms with E-state index in [1.165, 1.54) is 30.3 Å². The third-order valence-corrected chi connectivity index (χ3v) is 8.38. The van der Waals surface area contributed by atoms with Gasteiger partial charge in [0.15, 0.2) is 10.5 Å². The van der Waals surface area contributed by atoms with E-state index in [-0.39, 0.29) is 58.6 Å². The van der Waals surface area contributed by atoms with Gasteiger partial charge in [-0.05, 0) is 90.6 Å². The Labute approximate surface area is 326 Å². The summed E-state index contributed by atoms with van der Waals surface area (Å²) in [4.78, 5) is 46.5. The van der Waals surface area contributed by atoms with Gasteiger partial charge in [0.25, 0.3) is 5.91 Å². The summed E-state index contributed by atoms with van der Waals surface area (Å²) in [5.41, 5.74) is 4.13. The van der Waals surface area contributed by atoms with Gasteiger partial charge in [-0.3, -0.25) is 14.8 Å². The first-order valence-electron chi connectivity index (χ1n) is 16.1. The molecule has 1 amide bonds. The third kappa shape index (κ3) is 10.5. The summed E-state index contributed by atoms with van der Waals surface area (Å²) < 4.78 is 5.89. The van der Waals surface area contributed by atoms with E-state index in [1.54, 1.807) is 24.3 Å². The number of amides is 1. The summed E-state index contributed by atoms with van der Waals surface area (Å²) in [6.45, 7) is 0.544. The molecule has 5 rings (SSSR count). The van der Waals surface area contributed by atoms with Gasteiger partial charge in [-0.15, -0.1) is 0 Å². The Morgan fingerprint density at radius 2 is 1.58 bits per heavy atom. The van der Waals surface area contributed by atoms with Gasteiger partial charge in [0.05, 0.1) is 11.5 Å². The maximum absolute atomic E-state index is 12.5. The van der Waals surface area contributed by atoms with Crippen LogP contribution in [0.4, 0.5) is 5.69 Å². The first kappa shape index (κ1) is 39.7. The van der Waals surface area contributed by atoms with Crippen LogP contribution in [0.2, 0.25) is 0 Å². The second kappa shape index (κ2) is 18.4. The standard InChI is InChI=1S/C38H35N3O9S.Na/c42-26-11-14-29-32(20-26)50-33-21-27(43)12-15-30(33)36(29)28-13-10-25(19-31(28)37(47)48)40-38(51)39-22-24-8-6-23(7-9-24)5-3-1-2-4-18-41(49)34(44)16-17-35(45)46;/h6-17,19-21,42,49H,1-5,18,22H2,(H,45,46)(H,47,48)(H2,39,40,51);/q;+1/p-1/b17-16+;. The van der Waals surface area contributed by atoms with Crippen molar-refractivity contribution in [3.8, 4) is 28.2 Å². The number of thiocarbonyl (C=S) groups is 1. The van der Waals surface area contributed by atoms with Crippen molar-refractivity contribution in [1.29, 1.82) is 0 Å². The molecular weight excluding hydrogens is 697 g/mol. The van der Waals surface area contributed by atoms with E-state index in [0.29, 0.717) is 62.6 Å². The van der Waals surface area contributed by atoms with E-state index in [1.807, 2.05) is 24.3 Å². The number of aliphatic carboxylic acids is 1. The van der Waals surface area contributed by atoms with Crippen LogP contribution >= 0.6 is 12.2 Å². The summed E-state index contributed by atoms with van der Waals surface area (Å²) in [6.07, 6.45) is 5.37. The van der Waals surface area contributed by atoms with Crippen LogP contribution in [0.5, 0.6) is 5.75 Å². The number of carbonyl (C=O) groups is 3. The number of carbonyl (C=O) groups excluding carboxylic acids is 2. The minimum Gasteiger partial charge on any atom is -0.545 e. The number of nitrogens with zero attached hydrogens (tertiary/aromatic N) is 1. The summed E-state index contributed by atoms with van der Waals surface area (Å²) in [5, 5.41) is 47.8. The average molecular weight is 732 g/mol. The average Bonchev–Trinajstić information content (AvgIpc) is 3.10. The fourth-order valence-corrected chi connectivity index (χ4v) is 5.82. The smallest absolute Gasteiger partial charge is 0.545 e. The van der Waals surface area contributed by atoms with Crippen LogP contribution in [0.3, 0.4) is 0 Å². The Morgan fingerprint density at radius 3 is 2.31 bits per heavy atom. The van der Waals surface area contributed by atoms with Crippen molar-refractivity contribution >= 4 is 51.8 Å². The van der Waals surface area contributed by atoms with Crippen molar-refractivity contribution in [1.82, 2.24) is 10.4 Å². The second-order valence-electron chi connectivity index (χ2n) is 11.8. The van der Waals surface area contributed by atoms with Crippen LogP contribution < -0.4 is 50.7 Å². The van der Waals surface area contributed by atoms with E-state index in [4.69, 9.17) is 16.6 Å². The molecule has 3 aromatic rings. The van der Waals surface area contributed by atoms with Crippen molar-refractivity contribution in [3.05, 3.63) is 118 Å². The Morgan fingerprint density at radius 1 is 0.865 bits per heavy atom. The van der Waals surface area contributed by atoms with Gasteiger partial charge < -0.3 is 35.2 Å². The number of hydrogen-bond acceptors (Lipinski definition) is 9. The predicted octanol–water partition coefficient (Wildman–Crippen LogP) is 2.09. The molecule has 2 aliphatic rings. The van der Waals surface area contributed by atoms with Crippen LogP contribution in [0.25, 0.3) is 33.4 Å². The van der Waals surface area contributed by atoms with Crippen molar-refractivity contribution in [3.63, 3.8) is 0 Å². The van der Waals surface area contributed by atoms with Gasteiger partial charge in [0.1, 0.15) is 17.1 Å². The number of unbranched alkanes of at least 4 members (excludes halogenated alkanes) is 3. The fourth-order valence-electron chi connectivity index (χ4n) is 5.63. The molecule has 0 saturated carbocycles. The topological polar surface area (TPSA) is 192 Å². The van der Waals surface area contributed by atoms with Gasteiger partial charge in [-0.1, -0.05) is 43.2 Å². The van der Waals surface area contributed by atoms with Crippen LogP contribution in [0.1, 0.15) is 47.2 Å². The number of aryl methyl sites for hydroxylation is 1. The zero-order valence-corrected chi connectivity index (χ0v) is 31.1. The molecule has 5 N–H and O–H groups in total. The van der Waals surface area contributed by atoms with Crippen LogP contribution in [-0.2, 0) is 22.6 Å². The molecule has 1 aliphatic heterocycles. The van der Waals surface area contributed by atoms with Gasteiger partial charge in [-0.2, -0.15) is 0 Å². The number of carboxylic acids is 2. The molecule has 0 radical (unpaired) electrons. The number of benzene rings is 4. The Balaban J connectivity index is 0.00000605. The molecule has 0 saturated heterocycles. The number of phenolic OH excluding ortho intramolecular Hbond substituents is 1. The molecule has 1 aliphatic carbocycles. The monoisotopic (exact) mass is 731 g/mol. The molecule has 0 fully saturated rings. The number of rotatable bonds is 14. The SMILES string of the molecule is O=C([O-])/C=C/C(=O)N(O)CCCCCCc1ccc(CNC(=S)Nc2ccc(-c3c4ccc(=O)cc-4oc4cc(O)ccc34)c(C(=O)O)c2)cc1.[Na+]. The number of hydroxylamine groups is 2. The first-order chi connectivity index (χ1) is 24.5. The fraction of sp³-hybridized carbons (Fsp3) is 0.184. The normalized spacial score (nSPS) is 10.9. The Kier molecular flexibility index (Phi) is 14.1. The molecule has 0 aromatic heterocycles. The minimum absolute atomic E-state index is 0. The van der Waals surface area contributed by atoms with Crippen LogP contribution in [0.15, 0.2) is 100 Å². The number of carboxylic acid groups (broad SMARTS) is 2. The summed E-state index contributed by atoms with van der Waals surface area (Å²) >= 11 is 5.49. The van der Waals surface area contributed by atoms with Gasteiger partial charge in [-0.25, -0.2) is 9.86 Å². The van der Waals surface area contributed by atoms with E-state index in [2.05, 4.69) is 10.6 Å². The molecule has 52 heavy (non-hydrogen) atoms. The molecule has 262 valence electrons.